The number of carbonyl (C=O) groups is 1. The van der Waals surface area contributed by atoms with Crippen LogP contribution in [0.4, 0.5) is 17.6 Å². The molecule has 1 aromatic carbocycles. The van der Waals surface area contributed by atoms with Gasteiger partial charge in [-0.1, -0.05) is 0 Å². The Morgan fingerprint density at radius 3 is 2.62 bits per heavy atom. The molecule has 0 bridgehead atoms. The first-order chi connectivity index (χ1) is 16.2. The molecule has 3 aromatic rings. The van der Waals surface area contributed by atoms with Crippen LogP contribution in [0.15, 0.2) is 30.7 Å². The molecule has 12 heteroatoms. The van der Waals surface area contributed by atoms with E-state index in [9.17, 15) is 18.0 Å². The Balaban J connectivity index is 1.54. The van der Waals surface area contributed by atoms with Crippen LogP contribution in [0.25, 0.3) is 10.6 Å². The molecule has 4 rings (SSSR count). The SMILES string of the molecule is Cc1cnc(-c2cc(OCC3CCOC3)cc(C(=O)NCc3cnc(C(F)(F)F)nc3)c2F)s1. The van der Waals surface area contributed by atoms with Gasteiger partial charge in [-0.3, -0.25) is 4.79 Å². The summed E-state index contributed by atoms with van der Waals surface area (Å²) in [4.78, 5) is 24.4. The zero-order chi connectivity index (χ0) is 24.3. The topological polar surface area (TPSA) is 86.2 Å². The van der Waals surface area contributed by atoms with Crippen molar-refractivity contribution in [3.63, 3.8) is 0 Å². The van der Waals surface area contributed by atoms with Gasteiger partial charge in [-0.05, 0) is 25.5 Å². The monoisotopic (exact) mass is 496 g/mol. The van der Waals surface area contributed by atoms with E-state index < -0.39 is 23.7 Å². The molecule has 1 unspecified atom stereocenters. The maximum atomic E-state index is 15.3. The average Bonchev–Trinajstić information content (AvgIpc) is 3.48. The van der Waals surface area contributed by atoms with Crippen LogP contribution in [0.2, 0.25) is 0 Å². The van der Waals surface area contributed by atoms with E-state index in [1.54, 1.807) is 6.20 Å². The highest BCUT2D eigenvalue weighted by molar-refractivity contribution is 7.14. The van der Waals surface area contributed by atoms with Crippen LogP contribution >= 0.6 is 11.3 Å². The van der Waals surface area contributed by atoms with Crippen molar-refractivity contribution in [2.45, 2.75) is 26.1 Å². The molecule has 0 aliphatic carbocycles. The number of hydrogen-bond donors (Lipinski definition) is 1. The lowest BCUT2D eigenvalue weighted by Gasteiger charge is -2.14. The van der Waals surface area contributed by atoms with Gasteiger partial charge in [-0.2, -0.15) is 13.2 Å². The fourth-order valence-corrected chi connectivity index (χ4v) is 4.05. The molecule has 1 amide bonds. The minimum absolute atomic E-state index is 0.126. The summed E-state index contributed by atoms with van der Waals surface area (Å²) in [6.45, 7) is 3.22. The van der Waals surface area contributed by atoms with Gasteiger partial charge in [0.2, 0.25) is 5.82 Å². The van der Waals surface area contributed by atoms with Gasteiger partial charge in [0.1, 0.15) is 16.6 Å². The number of ether oxygens (including phenoxy) is 2. The Kier molecular flexibility index (Phi) is 7.08. The van der Waals surface area contributed by atoms with Crippen molar-refractivity contribution >= 4 is 17.2 Å². The van der Waals surface area contributed by atoms with Crippen LogP contribution in [0.3, 0.4) is 0 Å². The summed E-state index contributed by atoms with van der Waals surface area (Å²) in [5.41, 5.74) is 0.0864. The van der Waals surface area contributed by atoms with Crippen molar-refractivity contribution in [1.82, 2.24) is 20.3 Å². The molecular formula is C22H20F4N4O3S. The van der Waals surface area contributed by atoms with Crippen molar-refractivity contribution in [3.05, 3.63) is 58.4 Å². The van der Waals surface area contributed by atoms with Crippen molar-refractivity contribution in [2.24, 2.45) is 5.92 Å². The maximum absolute atomic E-state index is 15.3. The molecule has 1 N–H and O–H groups in total. The number of aryl methyl sites for hydroxylation is 1. The molecular weight excluding hydrogens is 476 g/mol. The molecule has 0 saturated carbocycles. The summed E-state index contributed by atoms with van der Waals surface area (Å²) < 4.78 is 64.4. The number of aromatic nitrogens is 3. The largest absolute Gasteiger partial charge is 0.493 e. The average molecular weight is 496 g/mol. The number of nitrogens with one attached hydrogen (secondary N) is 1. The van der Waals surface area contributed by atoms with E-state index in [2.05, 4.69) is 20.3 Å². The van der Waals surface area contributed by atoms with Gasteiger partial charge in [0.25, 0.3) is 5.91 Å². The maximum Gasteiger partial charge on any atom is 0.451 e. The molecule has 0 spiro atoms. The highest BCUT2D eigenvalue weighted by Gasteiger charge is 2.34. The van der Waals surface area contributed by atoms with Crippen molar-refractivity contribution in [3.8, 4) is 16.3 Å². The molecule has 0 radical (unpaired) electrons. The molecule has 2 aromatic heterocycles. The summed E-state index contributed by atoms with van der Waals surface area (Å²) in [6, 6.07) is 2.80. The second-order valence-electron chi connectivity index (χ2n) is 7.74. The number of thiazole rings is 1. The van der Waals surface area contributed by atoms with E-state index in [1.165, 1.54) is 23.5 Å². The zero-order valence-electron chi connectivity index (χ0n) is 18.0. The van der Waals surface area contributed by atoms with E-state index >= 15 is 4.39 Å². The molecule has 1 saturated heterocycles. The predicted octanol–water partition coefficient (Wildman–Crippen LogP) is 4.41. The Morgan fingerprint density at radius 1 is 1.24 bits per heavy atom. The van der Waals surface area contributed by atoms with Crippen LogP contribution in [-0.4, -0.2) is 40.7 Å². The highest BCUT2D eigenvalue weighted by Crippen LogP contribution is 2.33. The van der Waals surface area contributed by atoms with Gasteiger partial charge in [-0.25, -0.2) is 19.3 Å². The molecule has 1 atom stereocenters. The van der Waals surface area contributed by atoms with Crippen LogP contribution in [0.5, 0.6) is 5.75 Å². The Morgan fingerprint density at radius 2 is 2.00 bits per heavy atom. The smallest absolute Gasteiger partial charge is 0.451 e. The third kappa shape index (κ3) is 5.68. The molecule has 3 heterocycles. The van der Waals surface area contributed by atoms with Gasteiger partial charge in [0, 0.05) is 48.1 Å². The summed E-state index contributed by atoms with van der Waals surface area (Å²) in [7, 11) is 0. The Bertz CT molecular complexity index is 1160. The lowest BCUT2D eigenvalue weighted by molar-refractivity contribution is -0.145. The Labute approximate surface area is 196 Å². The van der Waals surface area contributed by atoms with E-state index in [1.807, 2.05) is 6.92 Å². The van der Waals surface area contributed by atoms with E-state index in [0.29, 0.717) is 30.6 Å². The van der Waals surface area contributed by atoms with Gasteiger partial charge < -0.3 is 14.8 Å². The first-order valence-electron chi connectivity index (χ1n) is 10.3. The minimum Gasteiger partial charge on any atom is -0.493 e. The van der Waals surface area contributed by atoms with Crippen LogP contribution < -0.4 is 10.1 Å². The number of benzene rings is 1. The fourth-order valence-electron chi connectivity index (χ4n) is 3.28. The van der Waals surface area contributed by atoms with E-state index in [4.69, 9.17) is 9.47 Å². The Hall–Kier alpha value is -3.12. The standard InChI is InChI=1S/C22H20F4N4O3S/c1-12-6-28-20(34-12)17-5-15(33-11-13-2-3-32-10-13)4-16(18(17)23)19(31)27-7-14-8-29-21(30-9-14)22(24,25)26/h4-6,8-9,13H,2-3,7,10-11H2,1H3,(H,27,31). The second-order valence-corrected chi connectivity index (χ2v) is 8.98. The summed E-state index contributed by atoms with van der Waals surface area (Å²) >= 11 is 1.27. The van der Waals surface area contributed by atoms with Crippen LogP contribution in [-0.2, 0) is 17.5 Å². The molecule has 180 valence electrons. The number of alkyl halides is 3. The van der Waals surface area contributed by atoms with Gasteiger partial charge in [0.15, 0.2) is 0 Å². The van der Waals surface area contributed by atoms with Crippen molar-refractivity contribution in [2.75, 3.05) is 19.8 Å². The first kappa shape index (κ1) is 24.0. The number of nitrogens with zero attached hydrogens (tertiary/aromatic N) is 3. The van der Waals surface area contributed by atoms with Crippen molar-refractivity contribution in [1.29, 1.82) is 0 Å². The van der Waals surface area contributed by atoms with E-state index in [0.717, 1.165) is 23.7 Å². The molecule has 34 heavy (non-hydrogen) atoms. The molecule has 1 aliphatic heterocycles. The third-order valence-electron chi connectivity index (χ3n) is 5.06. The van der Waals surface area contributed by atoms with Crippen LogP contribution in [0.1, 0.15) is 33.0 Å². The lowest BCUT2D eigenvalue weighted by Crippen LogP contribution is -2.25. The molecule has 1 aliphatic rings. The highest BCUT2D eigenvalue weighted by atomic mass is 32.1. The van der Waals surface area contributed by atoms with Gasteiger partial charge in [0.05, 0.1) is 24.3 Å². The molecule has 7 nitrogen and oxygen atoms in total. The first-order valence-corrected chi connectivity index (χ1v) is 11.2. The van der Waals surface area contributed by atoms with Crippen LogP contribution in [0, 0.1) is 18.7 Å². The van der Waals surface area contributed by atoms with Gasteiger partial charge >= 0.3 is 6.18 Å². The number of hydrogen-bond acceptors (Lipinski definition) is 7. The van der Waals surface area contributed by atoms with Gasteiger partial charge in [-0.15, -0.1) is 11.3 Å². The predicted molar refractivity (Wildman–Crippen MR) is 115 cm³/mol. The lowest BCUT2D eigenvalue weighted by atomic mass is 10.1. The minimum atomic E-state index is -4.67. The third-order valence-corrected chi connectivity index (χ3v) is 6.01. The summed E-state index contributed by atoms with van der Waals surface area (Å²) in [6.07, 6.45) is -0.297. The second kappa shape index (κ2) is 10.0. The normalized spacial score (nSPS) is 16.0. The van der Waals surface area contributed by atoms with E-state index in [-0.39, 0.29) is 29.2 Å². The molecule has 1 fully saturated rings. The quantitative estimate of drug-likeness (QED) is 0.488. The van der Waals surface area contributed by atoms with Crippen molar-refractivity contribution < 1.29 is 31.8 Å². The number of amides is 1. The zero-order valence-corrected chi connectivity index (χ0v) is 18.8. The summed E-state index contributed by atoms with van der Waals surface area (Å²) in [5, 5.41) is 2.89. The fraction of sp³-hybridized carbons (Fsp3) is 0.364. The number of rotatable bonds is 7. The number of halogens is 4. The summed E-state index contributed by atoms with van der Waals surface area (Å²) in [5.74, 6) is -2.31. The number of carbonyl (C=O) groups excluding carboxylic acids is 1.